The highest BCUT2D eigenvalue weighted by atomic mass is 16.6. The van der Waals surface area contributed by atoms with Gasteiger partial charge in [-0.25, -0.2) is 0 Å². The molecule has 2 rings (SSSR count). The molecule has 0 saturated heterocycles. The van der Waals surface area contributed by atoms with Crippen LogP contribution in [0, 0.1) is 16.0 Å². The molecule has 27 heavy (non-hydrogen) atoms. The highest BCUT2D eigenvalue weighted by Crippen LogP contribution is 2.17. The van der Waals surface area contributed by atoms with Gasteiger partial charge in [0.25, 0.3) is 11.6 Å². The smallest absolute Gasteiger partial charge is 0.275 e. The van der Waals surface area contributed by atoms with Gasteiger partial charge in [0.05, 0.1) is 4.92 Å². The van der Waals surface area contributed by atoms with Gasteiger partial charge in [-0.15, -0.1) is 0 Å². The number of amides is 1. The lowest BCUT2D eigenvalue weighted by Gasteiger charge is -2.19. The fourth-order valence-corrected chi connectivity index (χ4v) is 2.88. The van der Waals surface area contributed by atoms with Crippen LogP contribution in [0.25, 0.3) is 0 Å². The molecule has 1 atom stereocenters. The quantitative estimate of drug-likeness (QED) is 0.338. The first-order valence-electron chi connectivity index (χ1n) is 9.10. The third-order valence-corrected chi connectivity index (χ3v) is 4.31. The Morgan fingerprint density at radius 3 is 2.33 bits per heavy atom. The van der Waals surface area contributed by atoms with Gasteiger partial charge in [-0.2, -0.15) is 0 Å². The van der Waals surface area contributed by atoms with Crippen LogP contribution in [0.1, 0.15) is 25.5 Å². The Hall–Kier alpha value is -2.93. The molecule has 0 aliphatic carbocycles. The maximum absolute atomic E-state index is 12.1. The first kappa shape index (κ1) is 20.4. The highest BCUT2D eigenvalue weighted by molar-refractivity contribution is 5.76. The van der Waals surface area contributed by atoms with Crippen molar-refractivity contribution in [1.82, 2.24) is 5.32 Å². The molecule has 0 aliphatic heterocycles. The molecule has 7 nitrogen and oxygen atoms in total. The van der Waals surface area contributed by atoms with Crippen molar-refractivity contribution in [2.75, 3.05) is 25.0 Å². The minimum atomic E-state index is -0.430. The highest BCUT2D eigenvalue weighted by Gasteiger charge is 2.19. The second kappa shape index (κ2) is 10.3. The summed E-state index contributed by atoms with van der Waals surface area (Å²) < 4.78 is 0. The first-order chi connectivity index (χ1) is 13.0. The Bertz CT molecular complexity index is 733. The van der Waals surface area contributed by atoms with E-state index in [4.69, 9.17) is 0 Å². The molecule has 1 amide bonds. The lowest BCUT2D eigenvalue weighted by atomic mass is 9.96. The molecule has 0 spiro atoms. The normalized spacial score (nSPS) is 11.8. The largest absolute Gasteiger partial charge is 0.383 e. The van der Waals surface area contributed by atoms with Crippen molar-refractivity contribution in [2.45, 2.75) is 19.9 Å². The molecular formula is C20H27N4O3+. The molecule has 144 valence electrons. The number of rotatable bonds is 10. The molecule has 0 aromatic heterocycles. The summed E-state index contributed by atoms with van der Waals surface area (Å²) in [5.74, 6) is 0.408. The molecule has 0 radical (unpaired) electrons. The predicted octanol–water partition coefficient (Wildman–Crippen LogP) is 2.08. The summed E-state index contributed by atoms with van der Waals surface area (Å²) in [6, 6.07) is 16.7. The lowest BCUT2D eigenvalue weighted by Crippen LogP contribution is -2.88. The molecule has 0 heterocycles. The third kappa shape index (κ3) is 6.71. The minimum absolute atomic E-state index is 0.0120. The van der Waals surface area contributed by atoms with Crippen LogP contribution >= 0.6 is 0 Å². The minimum Gasteiger partial charge on any atom is -0.383 e. The van der Waals surface area contributed by atoms with Crippen LogP contribution in [0.15, 0.2) is 54.6 Å². The van der Waals surface area contributed by atoms with Crippen LogP contribution in [0.4, 0.5) is 11.4 Å². The lowest BCUT2D eigenvalue weighted by molar-refractivity contribution is -0.692. The molecule has 2 aromatic carbocycles. The van der Waals surface area contributed by atoms with E-state index in [1.807, 2.05) is 18.2 Å². The summed E-state index contributed by atoms with van der Waals surface area (Å²) in [4.78, 5) is 22.3. The van der Waals surface area contributed by atoms with Gasteiger partial charge < -0.3 is 16.0 Å². The Labute approximate surface area is 159 Å². The number of nitro groups is 1. The molecular weight excluding hydrogens is 344 g/mol. The van der Waals surface area contributed by atoms with E-state index in [0.717, 1.165) is 5.69 Å². The van der Waals surface area contributed by atoms with Crippen molar-refractivity contribution in [2.24, 2.45) is 5.92 Å². The SMILES string of the molecule is CC(C)[C@H]([NH2+]CC(=O)NCCNc1ccc([N+](=O)[O-])cc1)c1ccccc1. The molecule has 0 aliphatic rings. The van der Waals surface area contributed by atoms with Crippen LogP contribution in [0.5, 0.6) is 0 Å². The van der Waals surface area contributed by atoms with E-state index in [0.29, 0.717) is 25.6 Å². The zero-order chi connectivity index (χ0) is 19.6. The van der Waals surface area contributed by atoms with E-state index in [1.165, 1.54) is 17.7 Å². The van der Waals surface area contributed by atoms with Gasteiger partial charge in [-0.05, 0) is 12.1 Å². The first-order valence-corrected chi connectivity index (χ1v) is 9.10. The second-order valence-electron chi connectivity index (χ2n) is 6.70. The average molecular weight is 371 g/mol. The van der Waals surface area contributed by atoms with Crippen LogP contribution in [-0.2, 0) is 4.79 Å². The average Bonchev–Trinajstić information content (AvgIpc) is 2.66. The maximum atomic E-state index is 12.1. The monoisotopic (exact) mass is 371 g/mol. The summed E-state index contributed by atoms with van der Waals surface area (Å²) in [7, 11) is 0. The van der Waals surface area contributed by atoms with E-state index in [1.54, 1.807) is 12.1 Å². The Morgan fingerprint density at radius 2 is 1.74 bits per heavy atom. The van der Waals surface area contributed by atoms with Gasteiger partial charge in [0.2, 0.25) is 0 Å². The Balaban J connectivity index is 1.70. The number of hydrogen-bond donors (Lipinski definition) is 3. The standard InChI is InChI=1S/C20H26N4O3/c1-15(2)20(16-6-4-3-5-7-16)23-14-19(25)22-13-12-21-17-8-10-18(11-9-17)24(26)27/h3-11,15,20-21,23H,12-14H2,1-2H3,(H,22,25)/p+1/t20-/m0/s1. The van der Waals surface area contributed by atoms with E-state index in [2.05, 4.69) is 41.9 Å². The van der Waals surface area contributed by atoms with E-state index < -0.39 is 4.92 Å². The van der Waals surface area contributed by atoms with Crippen LogP contribution in [0.2, 0.25) is 0 Å². The number of carbonyl (C=O) groups excluding carboxylic acids is 1. The number of benzene rings is 2. The predicted molar refractivity (Wildman–Crippen MR) is 105 cm³/mol. The van der Waals surface area contributed by atoms with Crippen molar-refractivity contribution in [3.8, 4) is 0 Å². The number of hydrogen-bond acceptors (Lipinski definition) is 4. The topological polar surface area (TPSA) is 101 Å². The number of quaternary nitrogens is 1. The van der Waals surface area contributed by atoms with E-state index in [9.17, 15) is 14.9 Å². The summed E-state index contributed by atoms with van der Waals surface area (Å²) in [6.07, 6.45) is 0. The number of nitrogens with two attached hydrogens (primary N) is 1. The molecule has 4 N–H and O–H groups in total. The molecule has 2 aromatic rings. The molecule has 0 fully saturated rings. The molecule has 0 unspecified atom stereocenters. The van der Waals surface area contributed by atoms with Crippen LogP contribution < -0.4 is 16.0 Å². The van der Waals surface area contributed by atoms with Crippen molar-refractivity contribution in [1.29, 1.82) is 0 Å². The van der Waals surface area contributed by atoms with E-state index >= 15 is 0 Å². The number of nitrogens with zero attached hydrogens (tertiary/aromatic N) is 1. The Kier molecular flexibility index (Phi) is 7.76. The fourth-order valence-electron chi connectivity index (χ4n) is 2.88. The second-order valence-corrected chi connectivity index (χ2v) is 6.70. The van der Waals surface area contributed by atoms with Gasteiger partial charge in [0.1, 0.15) is 6.04 Å². The number of anilines is 1. The van der Waals surface area contributed by atoms with Crippen molar-refractivity contribution in [3.05, 3.63) is 70.3 Å². The van der Waals surface area contributed by atoms with Crippen molar-refractivity contribution < 1.29 is 15.0 Å². The van der Waals surface area contributed by atoms with Crippen molar-refractivity contribution in [3.63, 3.8) is 0 Å². The number of non-ortho nitro benzene ring substituents is 1. The van der Waals surface area contributed by atoms with Gasteiger partial charge in [-0.1, -0.05) is 44.2 Å². The fraction of sp³-hybridized carbons (Fsp3) is 0.350. The number of carbonyl (C=O) groups is 1. The maximum Gasteiger partial charge on any atom is 0.275 e. The molecule has 0 bridgehead atoms. The summed E-state index contributed by atoms with van der Waals surface area (Å²) in [5, 5.41) is 18.7. The summed E-state index contributed by atoms with van der Waals surface area (Å²) in [6.45, 7) is 5.72. The van der Waals surface area contributed by atoms with Gasteiger partial charge in [-0.3, -0.25) is 14.9 Å². The van der Waals surface area contributed by atoms with Gasteiger partial charge in [0, 0.05) is 42.4 Å². The van der Waals surface area contributed by atoms with E-state index in [-0.39, 0.29) is 17.6 Å². The van der Waals surface area contributed by atoms with Gasteiger partial charge in [0.15, 0.2) is 6.54 Å². The zero-order valence-electron chi connectivity index (χ0n) is 15.7. The van der Waals surface area contributed by atoms with Gasteiger partial charge >= 0.3 is 0 Å². The summed E-state index contributed by atoms with van der Waals surface area (Å²) in [5.41, 5.74) is 2.06. The zero-order valence-corrected chi connectivity index (χ0v) is 15.7. The molecule has 7 heteroatoms. The number of nitrogens with one attached hydrogen (secondary N) is 2. The van der Waals surface area contributed by atoms with Crippen molar-refractivity contribution >= 4 is 17.3 Å². The van der Waals surface area contributed by atoms with Crippen LogP contribution in [0.3, 0.4) is 0 Å². The summed E-state index contributed by atoms with van der Waals surface area (Å²) >= 11 is 0. The molecule has 0 saturated carbocycles. The Morgan fingerprint density at radius 1 is 1.07 bits per heavy atom. The third-order valence-electron chi connectivity index (χ3n) is 4.31. The number of nitro benzene ring substituents is 1. The van der Waals surface area contributed by atoms with Crippen LogP contribution in [-0.4, -0.2) is 30.5 Å².